The standard InChI is InChI=1S/C11H10O6/c1-5(12)9-7(10(13)14)3-6(17-2)4-8(9)11(15)16/h3-4H,1-2H3,(H,13,14)(H,15,16). The number of ketones is 1. The first-order chi connectivity index (χ1) is 7.88. The minimum atomic E-state index is -1.38. The normalized spacial score (nSPS) is 9.76. The van der Waals surface area contributed by atoms with Crippen LogP contribution in [0.1, 0.15) is 38.0 Å². The molecule has 17 heavy (non-hydrogen) atoms. The number of ether oxygens (including phenoxy) is 1. The van der Waals surface area contributed by atoms with Crippen LogP contribution >= 0.6 is 0 Å². The van der Waals surface area contributed by atoms with E-state index in [4.69, 9.17) is 14.9 Å². The summed E-state index contributed by atoms with van der Waals surface area (Å²) in [6, 6.07) is 2.23. The summed E-state index contributed by atoms with van der Waals surface area (Å²) >= 11 is 0. The van der Waals surface area contributed by atoms with Gasteiger partial charge in [-0.1, -0.05) is 0 Å². The van der Waals surface area contributed by atoms with Crippen LogP contribution in [0.2, 0.25) is 0 Å². The van der Waals surface area contributed by atoms with Crippen LogP contribution in [0.25, 0.3) is 0 Å². The molecule has 1 rings (SSSR count). The maximum atomic E-state index is 11.3. The summed E-state index contributed by atoms with van der Waals surface area (Å²) in [4.78, 5) is 33.3. The van der Waals surface area contributed by atoms with Gasteiger partial charge in [-0.05, 0) is 19.1 Å². The molecule has 0 heterocycles. The van der Waals surface area contributed by atoms with Gasteiger partial charge in [-0.3, -0.25) is 4.79 Å². The molecule has 2 N–H and O–H groups in total. The molecule has 0 saturated carbocycles. The first-order valence-corrected chi connectivity index (χ1v) is 4.58. The lowest BCUT2D eigenvalue weighted by Crippen LogP contribution is -2.13. The van der Waals surface area contributed by atoms with E-state index < -0.39 is 17.7 Å². The molecule has 6 nitrogen and oxygen atoms in total. The first kappa shape index (κ1) is 12.7. The molecule has 0 unspecified atom stereocenters. The molecule has 0 aliphatic rings. The predicted octanol–water partition coefficient (Wildman–Crippen LogP) is 1.29. The van der Waals surface area contributed by atoms with Crippen LogP contribution in [-0.2, 0) is 0 Å². The third-order valence-electron chi connectivity index (χ3n) is 2.16. The molecule has 90 valence electrons. The van der Waals surface area contributed by atoms with Gasteiger partial charge in [0.05, 0.1) is 18.2 Å². The summed E-state index contributed by atoms with van der Waals surface area (Å²) < 4.78 is 4.79. The van der Waals surface area contributed by atoms with Gasteiger partial charge in [0.25, 0.3) is 0 Å². The molecule has 0 amide bonds. The zero-order valence-electron chi connectivity index (χ0n) is 9.18. The van der Waals surface area contributed by atoms with E-state index in [0.29, 0.717) is 0 Å². The number of carbonyl (C=O) groups is 3. The fourth-order valence-electron chi connectivity index (χ4n) is 1.45. The zero-order chi connectivity index (χ0) is 13.2. The molecule has 0 aliphatic heterocycles. The number of rotatable bonds is 4. The fourth-order valence-corrected chi connectivity index (χ4v) is 1.45. The van der Waals surface area contributed by atoms with Crippen molar-refractivity contribution in [2.24, 2.45) is 0 Å². The molecule has 0 bridgehead atoms. The van der Waals surface area contributed by atoms with E-state index in [-0.39, 0.29) is 22.4 Å². The van der Waals surface area contributed by atoms with E-state index in [0.717, 1.165) is 19.1 Å². The fraction of sp³-hybridized carbons (Fsp3) is 0.182. The number of Topliss-reactive ketones (excluding diaryl/α,β-unsaturated/α-hetero) is 1. The molecule has 0 radical (unpaired) electrons. The van der Waals surface area contributed by atoms with Crippen LogP contribution in [0, 0.1) is 0 Å². The number of carboxylic acids is 2. The molecular weight excluding hydrogens is 228 g/mol. The van der Waals surface area contributed by atoms with Crippen molar-refractivity contribution in [3.63, 3.8) is 0 Å². The van der Waals surface area contributed by atoms with Crippen molar-refractivity contribution in [3.8, 4) is 5.75 Å². The molecule has 0 fully saturated rings. The third-order valence-corrected chi connectivity index (χ3v) is 2.16. The van der Waals surface area contributed by atoms with Gasteiger partial charge >= 0.3 is 11.9 Å². The number of hydrogen-bond acceptors (Lipinski definition) is 4. The Hall–Kier alpha value is -2.37. The zero-order valence-corrected chi connectivity index (χ0v) is 9.18. The Labute approximate surface area is 96.4 Å². The Morgan fingerprint density at radius 3 is 1.71 bits per heavy atom. The van der Waals surface area contributed by atoms with Crippen molar-refractivity contribution in [2.75, 3.05) is 7.11 Å². The highest BCUT2D eigenvalue weighted by Gasteiger charge is 2.23. The van der Waals surface area contributed by atoms with Gasteiger partial charge in [0.15, 0.2) is 5.78 Å². The van der Waals surface area contributed by atoms with Crippen molar-refractivity contribution < 1.29 is 29.3 Å². The van der Waals surface area contributed by atoms with Gasteiger partial charge in [-0.2, -0.15) is 0 Å². The van der Waals surface area contributed by atoms with Crippen LogP contribution in [0.3, 0.4) is 0 Å². The molecule has 1 aromatic rings. The van der Waals surface area contributed by atoms with Crippen LogP contribution in [-0.4, -0.2) is 35.0 Å². The Balaban J connectivity index is 3.67. The minimum Gasteiger partial charge on any atom is -0.497 e. The molecule has 0 saturated heterocycles. The molecule has 0 aromatic heterocycles. The van der Waals surface area contributed by atoms with Gasteiger partial charge in [0.1, 0.15) is 5.75 Å². The second-order valence-electron chi connectivity index (χ2n) is 3.26. The lowest BCUT2D eigenvalue weighted by atomic mass is 9.97. The quantitative estimate of drug-likeness (QED) is 0.766. The van der Waals surface area contributed by atoms with Gasteiger partial charge in [0, 0.05) is 5.56 Å². The van der Waals surface area contributed by atoms with Crippen LogP contribution in [0.4, 0.5) is 0 Å². The van der Waals surface area contributed by atoms with Gasteiger partial charge < -0.3 is 14.9 Å². The van der Waals surface area contributed by atoms with E-state index in [2.05, 4.69) is 0 Å². The van der Waals surface area contributed by atoms with E-state index in [1.165, 1.54) is 7.11 Å². The highest BCUT2D eigenvalue weighted by atomic mass is 16.5. The highest BCUT2D eigenvalue weighted by Crippen LogP contribution is 2.23. The number of carboxylic acid groups (broad SMARTS) is 2. The monoisotopic (exact) mass is 238 g/mol. The van der Waals surface area contributed by atoms with Crippen LogP contribution in [0.15, 0.2) is 12.1 Å². The summed E-state index contributed by atoms with van der Waals surface area (Å²) in [6.07, 6.45) is 0. The summed E-state index contributed by atoms with van der Waals surface area (Å²) in [5.41, 5.74) is -1.09. The summed E-state index contributed by atoms with van der Waals surface area (Å²) in [7, 11) is 1.28. The van der Waals surface area contributed by atoms with Crippen molar-refractivity contribution >= 4 is 17.7 Å². The van der Waals surface area contributed by atoms with E-state index >= 15 is 0 Å². The molecule has 6 heteroatoms. The van der Waals surface area contributed by atoms with Gasteiger partial charge in [-0.15, -0.1) is 0 Å². The van der Waals surface area contributed by atoms with Crippen molar-refractivity contribution in [1.29, 1.82) is 0 Å². The summed E-state index contributed by atoms with van der Waals surface area (Å²) in [5.74, 6) is -3.31. The summed E-state index contributed by atoms with van der Waals surface area (Å²) in [5, 5.41) is 17.9. The average Bonchev–Trinajstić information content (AvgIpc) is 2.26. The highest BCUT2D eigenvalue weighted by molar-refractivity contribution is 6.11. The molecule has 0 aliphatic carbocycles. The van der Waals surface area contributed by atoms with Crippen molar-refractivity contribution in [1.82, 2.24) is 0 Å². The molecule has 0 spiro atoms. The Bertz CT molecular complexity index is 468. The van der Waals surface area contributed by atoms with Gasteiger partial charge in [-0.25, -0.2) is 9.59 Å². The summed E-state index contributed by atoms with van der Waals surface area (Å²) in [6.45, 7) is 1.11. The predicted molar refractivity (Wildman–Crippen MR) is 56.9 cm³/mol. The Morgan fingerprint density at radius 2 is 1.47 bits per heavy atom. The van der Waals surface area contributed by atoms with Crippen LogP contribution in [0.5, 0.6) is 5.75 Å². The number of methoxy groups -OCH3 is 1. The molecular formula is C11H10O6. The maximum Gasteiger partial charge on any atom is 0.336 e. The topological polar surface area (TPSA) is 101 Å². The average molecular weight is 238 g/mol. The SMILES string of the molecule is COc1cc(C(=O)O)c(C(C)=O)c(C(=O)O)c1. The van der Waals surface area contributed by atoms with Crippen LogP contribution < -0.4 is 4.74 Å². The second-order valence-corrected chi connectivity index (χ2v) is 3.26. The second kappa shape index (κ2) is 4.65. The van der Waals surface area contributed by atoms with E-state index in [1.54, 1.807) is 0 Å². The maximum absolute atomic E-state index is 11.3. The Morgan fingerprint density at radius 1 is 1.06 bits per heavy atom. The number of carbonyl (C=O) groups excluding carboxylic acids is 1. The smallest absolute Gasteiger partial charge is 0.336 e. The molecule has 0 atom stereocenters. The number of hydrogen-bond donors (Lipinski definition) is 2. The lowest BCUT2D eigenvalue weighted by molar-refractivity contribution is 0.0688. The first-order valence-electron chi connectivity index (χ1n) is 4.58. The van der Waals surface area contributed by atoms with E-state index in [9.17, 15) is 14.4 Å². The van der Waals surface area contributed by atoms with Crippen molar-refractivity contribution in [2.45, 2.75) is 6.92 Å². The number of benzene rings is 1. The minimum absolute atomic E-state index is 0.0739. The Kier molecular flexibility index (Phi) is 3.47. The largest absolute Gasteiger partial charge is 0.497 e. The van der Waals surface area contributed by atoms with E-state index in [1.807, 2.05) is 0 Å². The lowest BCUT2D eigenvalue weighted by Gasteiger charge is -2.09. The van der Waals surface area contributed by atoms with Crippen molar-refractivity contribution in [3.05, 3.63) is 28.8 Å². The van der Waals surface area contributed by atoms with Gasteiger partial charge in [0.2, 0.25) is 0 Å². The molecule has 1 aromatic carbocycles. The number of aromatic carboxylic acids is 2. The third kappa shape index (κ3) is 2.41.